The average molecular weight is 540 g/mol. The molecule has 0 aromatic heterocycles. The Labute approximate surface area is 228 Å². The quantitative estimate of drug-likeness (QED) is 0.206. The third-order valence-corrected chi connectivity index (χ3v) is 8.43. The van der Waals surface area contributed by atoms with Crippen LogP contribution in [0, 0.1) is 29.6 Å². The van der Waals surface area contributed by atoms with Gasteiger partial charge in [0.05, 0.1) is 17.2 Å². The molecule has 0 radical (unpaired) electrons. The number of nitrogens with zero attached hydrogens (tertiary/aromatic N) is 2. The van der Waals surface area contributed by atoms with Crippen molar-refractivity contribution in [2.45, 2.75) is 56.8 Å². The summed E-state index contributed by atoms with van der Waals surface area (Å²) in [7, 11) is 6.89. The van der Waals surface area contributed by atoms with Gasteiger partial charge in [0.2, 0.25) is 11.7 Å². The van der Waals surface area contributed by atoms with Crippen LogP contribution < -0.4 is 10.6 Å². The number of aliphatic hydroxyl groups excluding tert-OH is 2. The number of unbranched alkanes of at least 4 members (excludes halogenated alkanes) is 2. The van der Waals surface area contributed by atoms with Crippen molar-refractivity contribution in [3.05, 3.63) is 28.3 Å². The van der Waals surface area contributed by atoms with Gasteiger partial charge >= 0.3 is 0 Å². The number of carbonyl (C=O) groups excluding carboxylic acids is 3. The van der Waals surface area contributed by atoms with E-state index in [9.17, 15) is 34.8 Å². The number of anilines is 1. The minimum atomic E-state index is -2.68. The standard InChI is InChI=1S/C29H37N3O7/c1-6-7-8-9-10-14-13-18(31(2)3)16-11-15-12-17-22(32(4)5)25(35)21(28(30)38)27(37)29(17,39)26(36)19(15)24(34)20(16)23(14)33/h13,15,17,21-22,25,33-35,39H,6-8,11-12H2,1-5H3,(H2,30,38)/t15-,17-,21?,22-,25?,29-/m1/s1. The molecule has 1 aromatic rings. The number of phenols is 1. The first-order valence-corrected chi connectivity index (χ1v) is 13.2. The molecule has 3 aliphatic carbocycles. The van der Waals surface area contributed by atoms with Crippen LogP contribution in [0.15, 0.2) is 11.6 Å². The number of hydrogen-bond donors (Lipinski definition) is 5. The molecule has 3 aliphatic rings. The van der Waals surface area contributed by atoms with Crippen LogP contribution in [0.4, 0.5) is 5.69 Å². The molecule has 0 bridgehead atoms. The number of nitrogens with two attached hydrogens (primary N) is 1. The van der Waals surface area contributed by atoms with Crippen LogP contribution in [0.3, 0.4) is 0 Å². The van der Waals surface area contributed by atoms with E-state index in [1.807, 2.05) is 25.9 Å². The van der Waals surface area contributed by atoms with E-state index in [-0.39, 0.29) is 35.3 Å². The number of carbonyl (C=O) groups is 3. The van der Waals surface area contributed by atoms with Crippen LogP contribution in [0.2, 0.25) is 0 Å². The molecule has 2 unspecified atom stereocenters. The molecule has 0 heterocycles. The fourth-order valence-electron chi connectivity index (χ4n) is 6.57. The highest BCUT2D eigenvalue weighted by molar-refractivity contribution is 6.25. The van der Waals surface area contributed by atoms with Gasteiger partial charge in [-0.05, 0) is 50.9 Å². The molecule has 1 amide bonds. The maximum atomic E-state index is 14.0. The maximum Gasteiger partial charge on any atom is 0.230 e. The zero-order valence-corrected chi connectivity index (χ0v) is 23.0. The number of benzene rings is 1. The molecule has 6 N–H and O–H groups in total. The van der Waals surface area contributed by atoms with Gasteiger partial charge in [-0.2, -0.15) is 0 Å². The van der Waals surface area contributed by atoms with Gasteiger partial charge in [0, 0.05) is 43.7 Å². The third-order valence-electron chi connectivity index (χ3n) is 8.43. The first-order valence-electron chi connectivity index (χ1n) is 13.2. The van der Waals surface area contributed by atoms with Gasteiger partial charge in [-0.3, -0.25) is 14.4 Å². The third kappa shape index (κ3) is 4.29. The van der Waals surface area contributed by atoms with Gasteiger partial charge in [0.25, 0.3) is 0 Å². The Morgan fingerprint density at radius 2 is 1.87 bits per heavy atom. The monoisotopic (exact) mass is 539 g/mol. The van der Waals surface area contributed by atoms with Crippen molar-refractivity contribution in [1.29, 1.82) is 0 Å². The number of ketones is 2. The fraction of sp³-hybridized carbons (Fsp3) is 0.552. The molecular formula is C29H37N3O7. The zero-order chi connectivity index (χ0) is 29.0. The molecule has 10 nitrogen and oxygen atoms in total. The molecule has 6 atom stereocenters. The number of rotatable bonds is 5. The summed E-state index contributed by atoms with van der Waals surface area (Å²) in [5.74, 6) is -1.62. The van der Waals surface area contributed by atoms with E-state index in [1.54, 1.807) is 25.1 Å². The van der Waals surface area contributed by atoms with Crippen LogP contribution >= 0.6 is 0 Å². The summed E-state index contributed by atoms with van der Waals surface area (Å²) < 4.78 is 0. The summed E-state index contributed by atoms with van der Waals surface area (Å²) in [6.07, 6.45) is 1.29. The molecule has 4 rings (SSSR count). The van der Waals surface area contributed by atoms with E-state index >= 15 is 0 Å². The van der Waals surface area contributed by atoms with Crippen molar-refractivity contribution in [1.82, 2.24) is 4.90 Å². The summed E-state index contributed by atoms with van der Waals surface area (Å²) in [5, 5.41) is 45.4. The van der Waals surface area contributed by atoms with Crippen molar-refractivity contribution in [2.75, 3.05) is 33.1 Å². The molecule has 0 saturated heterocycles. The van der Waals surface area contributed by atoms with Gasteiger partial charge in [-0.1, -0.05) is 25.2 Å². The number of hydrogen-bond acceptors (Lipinski definition) is 9. The van der Waals surface area contributed by atoms with Gasteiger partial charge in [0.1, 0.15) is 17.4 Å². The van der Waals surface area contributed by atoms with Gasteiger partial charge in [-0.15, -0.1) is 0 Å². The van der Waals surface area contributed by atoms with E-state index in [1.165, 1.54) is 0 Å². The smallest absolute Gasteiger partial charge is 0.230 e. The second kappa shape index (κ2) is 10.3. The molecule has 2 saturated carbocycles. The molecule has 210 valence electrons. The molecule has 39 heavy (non-hydrogen) atoms. The number of likely N-dealkylation sites (N-methyl/N-ethyl adjacent to an activating group) is 1. The predicted octanol–water partition coefficient (Wildman–Crippen LogP) is 0.737. The Kier molecular flexibility index (Phi) is 7.56. The SMILES string of the molecule is CCCCC#Cc1cc(N(C)C)c2c(c1O)C(O)=C1C(=O)[C@@]3(O)C(=O)C(C(N)=O)C(O)[C@H](N(C)C)[C@H]3C[C@H]1C2. The van der Waals surface area contributed by atoms with E-state index in [0.717, 1.165) is 12.8 Å². The Morgan fingerprint density at radius 1 is 1.21 bits per heavy atom. The van der Waals surface area contributed by atoms with Gasteiger partial charge in [0.15, 0.2) is 11.4 Å². The molecular weight excluding hydrogens is 502 g/mol. The Morgan fingerprint density at radius 3 is 2.44 bits per heavy atom. The van der Waals surface area contributed by atoms with Crippen LogP contribution in [0.5, 0.6) is 5.75 Å². The summed E-state index contributed by atoms with van der Waals surface area (Å²) in [4.78, 5) is 43.0. The van der Waals surface area contributed by atoms with E-state index in [0.29, 0.717) is 17.7 Å². The number of primary amides is 1. The Hall–Kier alpha value is -3.39. The lowest BCUT2D eigenvalue weighted by Crippen LogP contribution is -2.73. The van der Waals surface area contributed by atoms with Crippen molar-refractivity contribution in [3.8, 4) is 17.6 Å². The molecule has 0 spiro atoms. The topological polar surface area (TPSA) is 165 Å². The van der Waals surface area contributed by atoms with Crippen LogP contribution in [-0.2, 0) is 20.8 Å². The maximum absolute atomic E-state index is 14.0. The minimum absolute atomic E-state index is 0.0431. The van der Waals surface area contributed by atoms with Gasteiger partial charge < -0.3 is 36.0 Å². The summed E-state index contributed by atoms with van der Waals surface area (Å²) in [5.41, 5.74) is 4.22. The van der Waals surface area contributed by atoms with E-state index in [4.69, 9.17) is 5.73 Å². The second-order valence-electron chi connectivity index (χ2n) is 11.2. The average Bonchev–Trinajstić information content (AvgIpc) is 2.84. The van der Waals surface area contributed by atoms with Crippen molar-refractivity contribution in [2.24, 2.45) is 23.5 Å². The van der Waals surface area contributed by atoms with Crippen molar-refractivity contribution >= 4 is 28.9 Å². The molecule has 10 heteroatoms. The van der Waals surface area contributed by atoms with E-state index < -0.39 is 58.7 Å². The van der Waals surface area contributed by atoms with Gasteiger partial charge in [-0.25, -0.2) is 0 Å². The normalized spacial score (nSPS) is 29.8. The highest BCUT2D eigenvalue weighted by atomic mass is 16.3. The summed E-state index contributed by atoms with van der Waals surface area (Å²) >= 11 is 0. The van der Waals surface area contributed by atoms with Crippen molar-refractivity contribution < 1.29 is 34.8 Å². The summed E-state index contributed by atoms with van der Waals surface area (Å²) in [6, 6.07) is 0.821. The lowest BCUT2D eigenvalue weighted by Gasteiger charge is -2.53. The van der Waals surface area contributed by atoms with Crippen LogP contribution in [0.1, 0.15) is 49.3 Å². The number of fused-ring (bicyclic) bond motifs is 3. The number of amides is 1. The lowest BCUT2D eigenvalue weighted by molar-refractivity contribution is -0.184. The van der Waals surface area contributed by atoms with Crippen molar-refractivity contribution in [3.63, 3.8) is 0 Å². The highest BCUT2D eigenvalue weighted by Gasteiger charge is 2.67. The number of phenolic OH excluding ortho intramolecular Hbond substituents is 1. The Bertz CT molecular complexity index is 1320. The zero-order valence-electron chi connectivity index (χ0n) is 23.0. The summed E-state index contributed by atoms with van der Waals surface area (Å²) in [6.45, 7) is 2.05. The van der Waals surface area contributed by atoms with E-state index in [2.05, 4.69) is 11.8 Å². The second-order valence-corrected chi connectivity index (χ2v) is 11.2. The predicted molar refractivity (Wildman–Crippen MR) is 145 cm³/mol. The molecule has 1 aromatic carbocycles. The Balaban J connectivity index is 1.92. The molecule has 2 fully saturated rings. The first kappa shape index (κ1) is 28.6. The number of aromatic hydroxyl groups is 1. The lowest BCUT2D eigenvalue weighted by atomic mass is 9.54. The highest BCUT2D eigenvalue weighted by Crippen LogP contribution is 2.53. The van der Waals surface area contributed by atoms with Crippen LogP contribution in [0.25, 0.3) is 5.76 Å². The number of Topliss-reactive ketones (excluding diaryl/α,β-unsaturated/α-hetero) is 2. The number of aliphatic hydroxyl groups is 3. The largest absolute Gasteiger partial charge is 0.507 e. The molecule has 0 aliphatic heterocycles. The fourth-order valence-corrected chi connectivity index (χ4v) is 6.57. The van der Waals surface area contributed by atoms with Crippen LogP contribution in [-0.4, -0.2) is 88.7 Å². The minimum Gasteiger partial charge on any atom is -0.507 e. The first-order chi connectivity index (χ1) is 18.3.